The van der Waals surface area contributed by atoms with Crippen LogP contribution in [0.15, 0.2) is 97.5 Å². The molecule has 0 saturated carbocycles. The van der Waals surface area contributed by atoms with Crippen LogP contribution in [0.2, 0.25) is 5.02 Å². The minimum Gasteiger partial charge on any atom is -0.448 e. The number of anilines is 2. The third kappa shape index (κ3) is 7.15. The normalized spacial score (nSPS) is 14.0. The number of fused-ring (bicyclic) bond motifs is 3. The largest absolute Gasteiger partial charge is 0.448 e. The highest BCUT2D eigenvalue weighted by atomic mass is 35.5. The first-order valence-corrected chi connectivity index (χ1v) is 18.2. The van der Waals surface area contributed by atoms with Crippen LogP contribution in [0.1, 0.15) is 43.7 Å². The fourth-order valence-corrected chi connectivity index (χ4v) is 7.45. The second kappa shape index (κ2) is 14.8. The van der Waals surface area contributed by atoms with Crippen LogP contribution < -0.4 is 11.1 Å². The molecular weight excluding hydrogens is 763 g/mol. The molecule has 17 heteroatoms. The van der Waals surface area contributed by atoms with Gasteiger partial charge in [0, 0.05) is 51.0 Å². The van der Waals surface area contributed by atoms with Crippen LogP contribution in [0, 0.1) is 0 Å². The Morgan fingerprint density at radius 2 is 1.54 bits per heavy atom. The smallest absolute Gasteiger partial charge is 0.435 e. The third-order valence-corrected chi connectivity index (χ3v) is 10.4. The number of hydrogen-bond acceptors (Lipinski definition) is 8. The lowest BCUT2D eigenvalue weighted by atomic mass is 9.98. The molecule has 1 aliphatic carbocycles. The number of amides is 3. The van der Waals surface area contributed by atoms with Crippen LogP contribution in [-0.4, -0.2) is 84.8 Å². The van der Waals surface area contributed by atoms with Crippen molar-refractivity contribution in [2.75, 3.05) is 43.8 Å². The summed E-state index contributed by atoms with van der Waals surface area (Å²) in [5.74, 6) is -1.24. The SMILES string of the molecule is Cn1c(-c2cn(-c3ccc(N)cn3)nc2C(F)(F)F)cnc1C(=O)Nc1ccc(C(=O)N2CCN(C(=O)OCC3c4ccccc4-c4ccccc43)CC2)c(Cl)c1. The number of nitrogen functional groups attached to an aromatic ring is 1. The number of hydrogen-bond donors (Lipinski definition) is 2. The van der Waals surface area contributed by atoms with Crippen molar-refractivity contribution in [1.29, 1.82) is 0 Å². The van der Waals surface area contributed by atoms with E-state index in [0.717, 1.165) is 39.3 Å². The fraction of sp³-hybridized carbons (Fsp3) is 0.200. The highest BCUT2D eigenvalue weighted by Gasteiger charge is 2.39. The average Bonchev–Trinajstić information content (AvgIpc) is 3.91. The summed E-state index contributed by atoms with van der Waals surface area (Å²) >= 11 is 6.53. The van der Waals surface area contributed by atoms with Crippen molar-refractivity contribution in [2.45, 2.75) is 12.1 Å². The van der Waals surface area contributed by atoms with E-state index in [4.69, 9.17) is 22.1 Å². The van der Waals surface area contributed by atoms with Crippen molar-refractivity contribution >= 4 is 40.9 Å². The van der Waals surface area contributed by atoms with Gasteiger partial charge in [0.15, 0.2) is 17.3 Å². The number of aromatic nitrogens is 5. The second-order valence-electron chi connectivity index (χ2n) is 13.5. The molecule has 0 atom stereocenters. The van der Waals surface area contributed by atoms with Crippen LogP contribution in [0.3, 0.4) is 0 Å². The summed E-state index contributed by atoms with van der Waals surface area (Å²) in [6.07, 6.45) is -1.69. The Morgan fingerprint density at radius 3 is 2.18 bits per heavy atom. The lowest BCUT2D eigenvalue weighted by molar-refractivity contribution is -0.140. The molecule has 57 heavy (non-hydrogen) atoms. The van der Waals surface area contributed by atoms with Crippen LogP contribution >= 0.6 is 11.6 Å². The van der Waals surface area contributed by atoms with E-state index in [1.165, 1.54) is 48.1 Å². The van der Waals surface area contributed by atoms with Crippen molar-refractivity contribution in [1.82, 2.24) is 34.1 Å². The molecule has 2 aliphatic rings. The molecule has 6 aromatic rings. The van der Waals surface area contributed by atoms with Crippen LogP contribution in [0.5, 0.6) is 0 Å². The van der Waals surface area contributed by atoms with Crippen molar-refractivity contribution in [3.63, 3.8) is 0 Å². The maximum Gasteiger partial charge on any atom is 0.435 e. The number of nitrogens with one attached hydrogen (secondary N) is 1. The van der Waals surface area contributed by atoms with E-state index in [2.05, 4.69) is 44.6 Å². The maximum atomic E-state index is 14.1. The lowest BCUT2D eigenvalue weighted by Crippen LogP contribution is -2.50. The molecule has 1 aliphatic heterocycles. The predicted octanol–water partition coefficient (Wildman–Crippen LogP) is 6.88. The number of carbonyl (C=O) groups is 3. The van der Waals surface area contributed by atoms with E-state index in [1.54, 1.807) is 9.80 Å². The first-order valence-electron chi connectivity index (χ1n) is 17.8. The molecule has 0 radical (unpaired) electrons. The summed E-state index contributed by atoms with van der Waals surface area (Å²) in [6, 6.07) is 23.5. The van der Waals surface area contributed by atoms with Crippen LogP contribution in [0.25, 0.3) is 28.2 Å². The Morgan fingerprint density at radius 1 is 0.877 bits per heavy atom. The molecule has 3 aromatic heterocycles. The van der Waals surface area contributed by atoms with Gasteiger partial charge in [-0.25, -0.2) is 19.4 Å². The molecule has 3 aromatic carbocycles. The summed E-state index contributed by atoms with van der Waals surface area (Å²) in [7, 11) is 1.40. The van der Waals surface area contributed by atoms with Gasteiger partial charge in [-0.05, 0) is 52.6 Å². The first kappa shape index (κ1) is 37.3. The van der Waals surface area contributed by atoms with Crippen LogP contribution in [-0.2, 0) is 18.0 Å². The zero-order valence-electron chi connectivity index (χ0n) is 30.2. The summed E-state index contributed by atoms with van der Waals surface area (Å²) in [6.45, 7) is 1.24. The number of nitrogens with two attached hydrogens (primary N) is 1. The standard InChI is InChI=1S/C40H33ClF3N9O4/c1-50-33(30-21-53(49-35(30)40(42,43)44)34-13-10-23(45)19-46-34)20-47-36(50)37(54)48-24-11-12-29(32(41)18-24)38(55)51-14-16-52(17-15-51)39(56)57-22-31-27-8-4-2-6-25(27)26-7-3-5-9-28(26)31/h2-13,18-21,31H,14-17,22,45H2,1H3,(H,48,54). The number of benzene rings is 3. The molecule has 4 heterocycles. The molecule has 1 saturated heterocycles. The van der Waals surface area contributed by atoms with Gasteiger partial charge in [-0.15, -0.1) is 0 Å². The number of carbonyl (C=O) groups excluding carboxylic acids is 3. The highest BCUT2D eigenvalue weighted by Crippen LogP contribution is 2.44. The summed E-state index contributed by atoms with van der Waals surface area (Å²) in [5, 5.41) is 6.41. The number of alkyl halides is 3. The predicted molar refractivity (Wildman–Crippen MR) is 205 cm³/mol. The van der Waals surface area contributed by atoms with E-state index < -0.39 is 23.9 Å². The molecule has 3 N–H and O–H groups in total. The number of ether oxygens (including phenoxy) is 1. The summed E-state index contributed by atoms with van der Waals surface area (Å²) < 4.78 is 50.2. The Hall–Kier alpha value is -6.68. The van der Waals surface area contributed by atoms with Crippen molar-refractivity contribution in [2.24, 2.45) is 7.05 Å². The molecule has 0 unspecified atom stereocenters. The number of halogens is 4. The molecule has 0 bridgehead atoms. The Labute approximate surface area is 328 Å². The van der Waals surface area contributed by atoms with Gasteiger partial charge < -0.3 is 30.2 Å². The Kier molecular flexibility index (Phi) is 9.65. The Balaban J connectivity index is 0.887. The zero-order valence-corrected chi connectivity index (χ0v) is 31.0. The highest BCUT2D eigenvalue weighted by molar-refractivity contribution is 6.34. The minimum absolute atomic E-state index is 0.0214. The van der Waals surface area contributed by atoms with E-state index in [0.29, 0.717) is 5.69 Å². The van der Waals surface area contributed by atoms with Gasteiger partial charge in [-0.2, -0.15) is 18.3 Å². The quantitative estimate of drug-likeness (QED) is 0.177. The van der Waals surface area contributed by atoms with Crippen molar-refractivity contribution < 1.29 is 32.3 Å². The van der Waals surface area contributed by atoms with E-state index >= 15 is 0 Å². The van der Waals surface area contributed by atoms with Gasteiger partial charge in [-0.3, -0.25) is 9.59 Å². The van der Waals surface area contributed by atoms with Gasteiger partial charge in [-0.1, -0.05) is 60.1 Å². The average molecular weight is 796 g/mol. The topological polar surface area (TPSA) is 153 Å². The summed E-state index contributed by atoms with van der Waals surface area (Å²) in [5.41, 5.74) is 9.38. The lowest BCUT2D eigenvalue weighted by Gasteiger charge is -2.34. The third-order valence-electron chi connectivity index (χ3n) is 10.1. The monoisotopic (exact) mass is 795 g/mol. The molecule has 290 valence electrons. The maximum absolute atomic E-state index is 14.1. The minimum atomic E-state index is -4.83. The molecular formula is C40H33ClF3N9O4. The van der Waals surface area contributed by atoms with Gasteiger partial charge in [0.1, 0.15) is 6.61 Å². The zero-order chi connectivity index (χ0) is 40.0. The van der Waals surface area contributed by atoms with E-state index in [9.17, 15) is 27.6 Å². The Bertz CT molecular complexity index is 2480. The number of piperazine rings is 1. The number of pyridine rings is 1. The van der Waals surface area contributed by atoms with E-state index in [1.807, 2.05) is 24.3 Å². The fourth-order valence-electron chi connectivity index (χ4n) is 7.19. The van der Waals surface area contributed by atoms with Crippen molar-refractivity contribution in [3.05, 3.63) is 131 Å². The first-order chi connectivity index (χ1) is 27.4. The van der Waals surface area contributed by atoms with Gasteiger partial charge in [0.25, 0.3) is 11.8 Å². The molecule has 0 spiro atoms. The molecule has 13 nitrogen and oxygen atoms in total. The second-order valence-corrected chi connectivity index (χ2v) is 13.9. The molecule has 8 rings (SSSR count). The van der Waals surface area contributed by atoms with E-state index in [-0.39, 0.29) is 83.8 Å². The van der Waals surface area contributed by atoms with Gasteiger partial charge >= 0.3 is 12.3 Å². The van der Waals surface area contributed by atoms with Gasteiger partial charge in [0.05, 0.1) is 39.9 Å². The van der Waals surface area contributed by atoms with Crippen molar-refractivity contribution in [3.8, 4) is 28.2 Å². The summed E-state index contributed by atoms with van der Waals surface area (Å²) in [4.78, 5) is 51.2. The molecule has 3 amide bonds. The molecule has 1 fully saturated rings. The number of imidazole rings is 1. The number of rotatable bonds is 7. The van der Waals surface area contributed by atoms with Crippen LogP contribution in [0.4, 0.5) is 29.3 Å². The number of nitrogens with zero attached hydrogens (tertiary/aromatic N) is 7. The van der Waals surface area contributed by atoms with Gasteiger partial charge in [0.2, 0.25) is 0 Å².